The Hall–Kier alpha value is -3.34. The van der Waals surface area contributed by atoms with Gasteiger partial charge in [-0.25, -0.2) is 4.98 Å². The Kier molecular flexibility index (Phi) is 4.04. The summed E-state index contributed by atoms with van der Waals surface area (Å²) in [6, 6.07) is 18.3. The van der Waals surface area contributed by atoms with Crippen molar-refractivity contribution in [2.45, 2.75) is 12.5 Å². The predicted molar refractivity (Wildman–Crippen MR) is 98.4 cm³/mol. The van der Waals surface area contributed by atoms with Crippen molar-refractivity contribution in [3.05, 3.63) is 84.9 Å². The van der Waals surface area contributed by atoms with Gasteiger partial charge < -0.3 is 9.55 Å². The molecule has 2 aromatic heterocycles. The van der Waals surface area contributed by atoms with Crippen LogP contribution in [0.15, 0.2) is 79.4 Å². The van der Waals surface area contributed by atoms with Crippen LogP contribution in [0.3, 0.4) is 0 Å². The number of amides is 1. The summed E-state index contributed by atoms with van der Waals surface area (Å²) in [5, 5.41) is 5.14. The predicted octanol–water partition coefficient (Wildman–Crippen LogP) is 3.98. The van der Waals surface area contributed by atoms with E-state index in [0.29, 0.717) is 12.4 Å². The Morgan fingerprint density at radius 3 is 2.68 bits per heavy atom. The first-order valence-electron chi connectivity index (χ1n) is 8.20. The molecule has 4 rings (SSSR count). The van der Waals surface area contributed by atoms with Crippen LogP contribution in [0.4, 0.5) is 5.95 Å². The number of nitrogens with zero attached hydrogens (tertiary/aromatic N) is 2. The second-order valence-corrected chi connectivity index (χ2v) is 5.90. The van der Waals surface area contributed by atoms with Crippen LogP contribution in [0.25, 0.3) is 10.8 Å². The summed E-state index contributed by atoms with van der Waals surface area (Å²) in [5.41, 5.74) is 1.13. The van der Waals surface area contributed by atoms with Crippen LogP contribution in [0.5, 0.6) is 0 Å². The minimum Gasteiger partial charge on any atom is -0.346 e. The molecule has 5 nitrogen and oxygen atoms in total. The van der Waals surface area contributed by atoms with Crippen LogP contribution < -0.4 is 5.32 Å². The highest BCUT2D eigenvalue weighted by molar-refractivity contribution is 5.91. The maximum Gasteiger partial charge on any atom is 0.229 e. The number of fused-ring (bicyclic) bond motifs is 1. The highest BCUT2D eigenvalue weighted by atomic mass is 16.1. The lowest BCUT2D eigenvalue weighted by atomic mass is 9.96. The van der Waals surface area contributed by atoms with Gasteiger partial charge in [-0.2, -0.15) is 0 Å². The molecule has 0 aliphatic rings. The topological polar surface area (TPSA) is 62.7 Å². The molecule has 2 heterocycles. The molecule has 2 aromatic carbocycles. The van der Waals surface area contributed by atoms with Crippen LogP contribution in [0.2, 0.25) is 0 Å². The average Bonchev–Trinajstić information content (AvgIpc) is 3.33. The molecule has 0 unspecified atom stereocenters. The highest BCUT2D eigenvalue weighted by Gasteiger charge is 2.19. The Labute approximate surface area is 145 Å². The lowest BCUT2D eigenvalue weighted by Crippen LogP contribution is -2.20. The van der Waals surface area contributed by atoms with E-state index in [-0.39, 0.29) is 11.9 Å². The summed E-state index contributed by atoms with van der Waals surface area (Å²) >= 11 is 0. The fourth-order valence-electron chi connectivity index (χ4n) is 3.16. The zero-order valence-electron chi connectivity index (χ0n) is 13.6. The van der Waals surface area contributed by atoms with Gasteiger partial charge in [-0.3, -0.25) is 10.1 Å². The van der Waals surface area contributed by atoms with Gasteiger partial charge in [0.15, 0.2) is 0 Å². The molecule has 0 radical (unpaired) electrons. The molecule has 0 aliphatic carbocycles. The molecule has 124 valence electrons. The molecule has 2 N–H and O–H groups in total. The smallest absolute Gasteiger partial charge is 0.229 e. The quantitative estimate of drug-likeness (QED) is 0.581. The molecule has 0 fully saturated rings. The third-order valence-electron chi connectivity index (χ3n) is 4.30. The lowest BCUT2D eigenvalue weighted by molar-refractivity contribution is -0.116. The van der Waals surface area contributed by atoms with Crippen LogP contribution in [0.1, 0.15) is 18.0 Å². The third-order valence-corrected chi connectivity index (χ3v) is 4.30. The van der Waals surface area contributed by atoms with E-state index < -0.39 is 0 Å². The Bertz CT molecular complexity index is 969. The van der Waals surface area contributed by atoms with Crippen molar-refractivity contribution in [2.24, 2.45) is 0 Å². The van der Waals surface area contributed by atoms with Crippen molar-refractivity contribution >= 4 is 22.6 Å². The molecular formula is C20H18N4O. The number of aromatic amines is 1. The number of carbonyl (C=O) groups is 1. The van der Waals surface area contributed by atoms with E-state index in [4.69, 9.17) is 0 Å². The van der Waals surface area contributed by atoms with Crippen LogP contribution >= 0.6 is 0 Å². The number of benzene rings is 2. The Morgan fingerprint density at radius 2 is 1.88 bits per heavy atom. The van der Waals surface area contributed by atoms with Crippen LogP contribution in [-0.4, -0.2) is 20.4 Å². The summed E-state index contributed by atoms with van der Waals surface area (Å²) in [6.45, 7) is 0. The van der Waals surface area contributed by atoms with Gasteiger partial charge in [-0.1, -0.05) is 42.5 Å². The highest BCUT2D eigenvalue weighted by Crippen LogP contribution is 2.29. The Balaban J connectivity index is 1.70. The third kappa shape index (κ3) is 3.17. The van der Waals surface area contributed by atoms with Gasteiger partial charge in [0, 0.05) is 24.8 Å². The number of nitrogens with one attached hydrogen (secondary N) is 2. The molecule has 1 atom stereocenters. The van der Waals surface area contributed by atoms with E-state index in [1.165, 1.54) is 5.39 Å². The van der Waals surface area contributed by atoms with Gasteiger partial charge in [0.2, 0.25) is 11.9 Å². The minimum atomic E-state index is -0.0870. The number of imidazole rings is 1. The second kappa shape index (κ2) is 6.65. The molecule has 0 spiro atoms. The normalized spacial score (nSPS) is 12.2. The zero-order valence-corrected chi connectivity index (χ0v) is 13.6. The number of rotatable bonds is 5. The molecule has 0 saturated heterocycles. The largest absolute Gasteiger partial charge is 0.346 e. The van der Waals surface area contributed by atoms with Gasteiger partial charge in [0.1, 0.15) is 0 Å². The summed E-state index contributed by atoms with van der Waals surface area (Å²) in [6.07, 6.45) is 7.61. The number of hydrogen-bond donors (Lipinski definition) is 2. The molecule has 1 amide bonds. The van der Waals surface area contributed by atoms with E-state index in [2.05, 4.69) is 44.1 Å². The number of H-pyrrole nitrogens is 1. The maximum absolute atomic E-state index is 12.5. The number of anilines is 1. The Morgan fingerprint density at radius 1 is 1.08 bits per heavy atom. The summed E-state index contributed by atoms with van der Waals surface area (Å²) in [4.78, 5) is 19.5. The molecule has 0 saturated carbocycles. The second-order valence-electron chi connectivity index (χ2n) is 5.90. The molecule has 25 heavy (non-hydrogen) atoms. The van der Waals surface area contributed by atoms with Crippen molar-refractivity contribution in [3.63, 3.8) is 0 Å². The molecule has 0 bridgehead atoms. The molecule has 0 aliphatic heterocycles. The van der Waals surface area contributed by atoms with Gasteiger partial charge in [0.25, 0.3) is 0 Å². The number of carbonyl (C=O) groups excluding carboxylic acids is 1. The fraction of sp³-hybridized carbons (Fsp3) is 0.100. The first-order valence-corrected chi connectivity index (χ1v) is 8.20. The number of aromatic nitrogens is 3. The van der Waals surface area contributed by atoms with E-state index in [0.717, 1.165) is 10.9 Å². The van der Waals surface area contributed by atoms with Gasteiger partial charge in [-0.15, -0.1) is 0 Å². The molecule has 5 heteroatoms. The van der Waals surface area contributed by atoms with Crippen LogP contribution in [-0.2, 0) is 4.79 Å². The van der Waals surface area contributed by atoms with Crippen molar-refractivity contribution in [1.82, 2.24) is 14.5 Å². The van der Waals surface area contributed by atoms with E-state index in [1.54, 1.807) is 12.4 Å². The van der Waals surface area contributed by atoms with E-state index in [9.17, 15) is 4.79 Å². The summed E-state index contributed by atoms with van der Waals surface area (Å²) < 4.78 is 2.07. The minimum absolute atomic E-state index is 0.0819. The van der Waals surface area contributed by atoms with Crippen molar-refractivity contribution in [3.8, 4) is 0 Å². The molecule has 4 aromatic rings. The first kappa shape index (κ1) is 15.2. The summed E-state index contributed by atoms with van der Waals surface area (Å²) in [5.74, 6) is 0.385. The van der Waals surface area contributed by atoms with E-state index in [1.807, 2.05) is 42.7 Å². The maximum atomic E-state index is 12.5. The van der Waals surface area contributed by atoms with Crippen LogP contribution in [0, 0.1) is 0 Å². The van der Waals surface area contributed by atoms with E-state index >= 15 is 0 Å². The van der Waals surface area contributed by atoms with Crippen molar-refractivity contribution in [2.75, 3.05) is 5.32 Å². The lowest BCUT2D eigenvalue weighted by Gasteiger charge is -2.21. The number of hydrogen-bond acceptors (Lipinski definition) is 2. The fourth-order valence-corrected chi connectivity index (χ4v) is 3.16. The SMILES string of the molecule is O=C(C[C@H](c1cccc2ccccc12)n1cccc1)Nc1ncc[nH]1. The molecular weight excluding hydrogens is 312 g/mol. The zero-order chi connectivity index (χ0) is 17.1. The average molecular weight is 330 g/mol. The first-order chi connectivity index (χ1) is 12.3. The van der Waals surface area contributed by atoms with Gasteiger partial charge in [-0.05, 0) is 28.5 Å². The monoisotopic (exact) mass is 330 g/mol. The van der Waals surface area contributed by atoms with Gasteiger partial charge >= 0.3 is 0 Å². The standard InChI is InChI=1S/C20H18N4O/c25-19(23-20-21-10-11-22-20)14-18(24-12-3-4-13-24)17-9-5-7-15-6-1-2-8-16(15)17/h1-13,18H,14H2,(H2,21,22,23,25)/t18-/m1/s1. The summed E-state index contributed by atoms with van der Waals surface area (Å²) in [7, 11) is 0. The van der Waals surface area contributed by atoms with Crippen molar-refractivity contribution < 1.29 is 4.79 Å². The van der Waals surface area contributed by atoms with Crippen molar-refractivity contribution in [1.29, 1.82) is 0 Å². The van der Waals surface area contributed by atoms with Gasteiger partial charge in [0.05, 0.1) is 12.5 Å².